The molecule has 0 aliphatic heterocycles. The second-order valence-corrected chi connectivity index (χ2v) is 5.49. The van der Waals surface area contributed by atoms with E-state index in [0.717, 1.165) is 17.0 Å². The van der Waals surface area contributed by atoms with E-state index in [4.69, 9.17) is 4.74 Å². The summed E-state index contributed by atoms with van der Waals surface area (Å²) >= 11 is 0. The largest absolute Gasteiger partial charge is 0.487 e. The molecule has 0 bridgehead atoms. The Morgan fingerprint density at radius 1 is 1.19 bits per heavy atom. The van der Waals surface area contributed by atoms with Gasteiger partial charge in [0.25, 0.3) is 0 Å². The lowest BCUT2D eigenvalue weighted by atomic mass is 10.1. The number of ether oxygens (including phenoxy) is 1. The fourth-order valence-corrected chi connectivity index (χ4v) is 2.37. The molecule has 3 rings (SSSR count). The first-order valence-corrected chi connectivity index (χ1v) is 7.30. The predicted molar refractivity (Wildman–Crippen MR) is 83.5 cm³/mol. The van der Waals surface area contributed by atoms with Gasteiger partial charge < -0.3 is 10.1 Å². The van der Waals surface area contributed by atoms with Gasteiger partial charge in [0.05, 0.1) is 5.69 Å². The average molecular weight is 281 g/mol. The maximum absolute atomic E-state index is 11.4. The molecule has 0 aromatic heterocycles. The Hall–Kier alpha value is -2.29. The number of benzene rings is 2. The molecule has 0 heterocycles. The van der Waals surface area contributed by atoms with Gasteiger partial charge in [0.1, 0.15) is 12.4 Å². The summed E-state index contributed by atoms with van der Waals surface area (Å²) in [6.07, 6.45) is 2.48. The zero-order valence-corrected chi connectivity index (χ0v) is 12.1. The van der Waals surface area contributed by atoms with Crippen LogP contribution in [-0.4, -0.2) is 5.91 Å². The second kappa shape index (κ2) is 6.00. The Labute approximate surface area is 124 Å². The third-order valence-electron chi connectivity index (χ3n) is 3.60. The van der Waals surface area contributed by atoms with Crippen LogP contribution in [-0.2, 0) is 11.4 Å². The number of amides is 1. The molecular formula is C18H19NO2. The molecule has 1 saturated carbocycles. The fraction of sp³-hybridized carbons (Fsp3) is 0.278. The Morgan fingerprint density at radius 2 is 1.95 bits per heavy atom. The van der Waals surface area contributed by atoms with Crippen molar-refractivity contribution in [3.63, 3.8) is 0 Å². The standard InChI is InChI=1S/C18H19NO2/c1-13(20)19-17-11-16(15-7-8-15)9-10-18(17)21-12-14-5-3-2-4-6-14/h2-6,9-11,15H,7-8,12H2,1H3,(H,19,20). The summed E-state index contributed by atoms with van der Waals surface area (Å²) in [5.74, 6) is 1.30. The van der Waals surface area contributed by atoms with Gasteiger partial charge in [0, 0.05) is 6.92 Å². The molecule has 1 aliphatic carbocycles. The zero-order valence-electron chi connectivity index (χ0n) is 12.1. The highest BCUT2D eigenvalue weighted by atomic mass is 16.5. The van der Waals surface area contributed by atoms with Gasteiger partial charge in [-0.05, 0) is 42.0 Å². The molecule has 0 radical (unpaired) electrons. The predicted octanol–water partition coefficient (Wildman–Crippen LogP) is 4.10. The van der Waals surface area contributed by atoms with Crippen molar-refractivity contribution in [2.75, 3.05) is 5.32 Å². The molecule has 1 N–H and O–H groups in total. The van der Waals surface area contributed by atoms with Gasteiger partial charge in [0.15, 0.2) is 0 Å². The monoisotopic (exact) mass is 281 g/mol. The van der Waals surface area contributed by atoms with Crippen molar-refractivity contribution < 1.29 is 9.53 Å². The minimum atomic E-state index is -0.0764. The minimum Gasteiger partial charge on any atom is -0.487 e. The van der Waals surface area contributed by atoms with E-state index in [1.165, 1.54) is 25.3 Å². The topological polar surface area (TPSA) is 38.3 Å². The Morgan fingerprint density at radius 3 is 2.62 bits per heavy atom. The van der Waals surface area contributed by atoms with Crippen LogP contribution in [0.3, 0.4) is 0 Å². The summed E-state index contributed by atoms with van der Waals surface area (Å²) in [4.78, 5) is 11.4. The SMILES string of the molecule is CC(=O)Nc1cc(C2CC2)ccc1OCc1ccccc1. The van der Waals surface area contributed by atoms with E-state index in [-0.39, 0.29) is 5.91 Å². The molecule has 2 aromatic carbocycles. The van der Waals surface area contributed by atoms with Crippen LogP contribution in [0.2, 0.25) is 0 Å². The molecule has 1 amide bonds. The van der Waals surface area contributed by atoms with Crippen molar-refractivity contribution in [3.05, 3.63) is 59.7 Å². The van der Waals surface area contributed by atoms with Crippen LogP contribution in [0.25, 0.3) is 0 Å². The second-order valence-electron chi connectivity index (χ2n) is 5.49. The van der Waals surface area contributed by atoms with Crippen molar-refractivity contribution in [3.8, 4) is 5.75 Å². The quantitative estimate of drug-likeness (QED) is 0.896. The number of carbonyl (C=O) groups excluding carboxylic acids is 1. The number of anilines is 1. The van der Waals surface area contributed by atoms with Crippen LogP contribution < -0.4 is 10.1 Å². The van der Waals surface area contributed by atoms with Gasteiger partial charge in [-0.15, -0.1) is 0 Å². The van der Waals surface area contributed by atoms with Crippen molar-refractivity contribution in [2.24, 2.45) is 0 Å². The van der Waals surface area contributed by atoms with Crippen LogP contribution in [0.15, 0.2) is 48.5 Å². The van der Waals surface area contributed by atoms with Gasteiger partial charge in [-0.3, -0.25) is 4.79 Å². The van der Waals surface area contributed by atoms with E-state index < -0.39 is 0 Å². The Kier molecular flexibility index (Phi) is 3.91. The third kappa shape index (κ3) is 3.63. The van der Waals surface area contributed by atoms with Crippen LogP contribution in [0.1, 0.15) is 36.8 Å². The Balaban J connectivity index is 1.77. The van der Waals surface area contributed by atoms with E-state index in [9.17, 15) is 4.79 Å². The highest BCUT2D eigenvalue weighted by Gasteiger charge is 2.24. The molecule has 0 unspecified atom stereocenters. The van der Waals surface area contributed by atoms with Crippen molar-refractivity contribution in [1.29, 1.82) is 0 Å². The normalized spacial score (nSPS) is 13.8. The lowest BCUT2D eigenvalue weighted by Crippen LogP contribution is -2.08. The number of hydrogen-bond acceptors (Lipinski definition) is 2. The van der Waals surface area contributed by atoms with E-state index in [2.05, 4.69) is 11.4 Å². The first-order chi connectivity index (χ1) is 10.2. The Bertz CT molecular complexity index is 633. The van der Waals surface area contributed by atoms with Crippen molar-refractivity contribution in [1.82, 2.24) is 0 Å². The number of rotatable bonds is 5. The highest BCUT2D eigenvalue weighted by Crippen LogP contribution is 2.42. The van der Waals surface area contributed by atoms with E-state index >= 15 is 0 Å². The van der Waals surface area contributed by atoms with E-state index in [0.29, 0.717) is 12.5 Å². The molecule has 1 aliphatic rings. The summed E-state index contributed by atoms with van der Waals surface area (Å²) in [6.45, 7) is 2.01. The summed E-state index contributed by atoms with van der Waals surface area (Å²) in [7, 11) is 0. The van der Waals surface area contributed by atoms with Crippen LogP contribution >= 0.6 is 0 Å². The fourth-order valence-electron chi connectivity index (χ4n) is 2.37. The molecule has 1 fully saturated rings. The number of hydrogen-bond donors (Lipinski definition) is 1. The smallest absolute Gasteiger partial charge is 0.221 e. The van der Waals surface area contributed by atoms with Crippen LogP contribution in [0.4, 0.5) is 5.69 Å². The maximum Gasteiger partial charge on any atom is 0.221 e. The van der Waals surface area contributed by atoms with Crippen molar-refractivity contribution >= 4 is 11.6 Å². The van der Waals surface area contributed by atoms with Gasteiger partial charge in [-0.2, -0.15) is 0 Å². The van der Waals surface area contributed by atoms with Crippen LogP contribution in [0, 0.1) is 0 Å². The molecular weight excluding hydrogens is 262 g/mol. The molecule has 3 nitrogen and oxygen atoms in total. The molecule has 2 aromatic rings. The lowest BCUT2D eigenvalue weighted by Gasteiger charge is -2.13. The molecule has 0 saturated heterocycles. The molecule has 0 atom stereocenters. The first kappa shape index (κ1) is 13.7. The van der Waals surface area contributed by atoms with Gasteiger partial charge >= 0.3 is 0 Å². The zero-order chi connectivity index (χ0) is 14.7. The summed E-state index contributed by atoms with van der Waals surface area (Å²) in [5, 5.41) is 2.87. The van der Waals surface area contributed by atoms with Gasteiger partial charge in [-0.25, -0.2) is 0 Å². The van der Waals surface area contributed by atoms with E-state index in [1.54, 1.807) is 0 Å². The third-order valence-corrected chi connectivity index (χ3v) is 3.60. The van der Waals surface area contributed by atoms with Gasteiger partial charge in [-0.1, -0.05) is 36.4 Å². The first-order valence-electron chi connectivity index (χ1n) is 7.30. The average Bonchev–Trinajstić information content (AvgIpc) is 3.31. The number of carbonyl (C=O) groups is 1. The minimum absolute atomic E-state index is 0.0764. The molecule has 108 valence electrons. The van der Waals surface area contributed by atoms with Gasteiger partial charge in [0.2, 0.25) is 5.91 Å². The van der Waals surface area contributed by atoms with Crippen LogP contribution in [0.5, 0.6) is 5.75 Å². The lowest BCUT2D eigenvalue weighted by molar-refractivity contribution is -0.114. The molecule has 3 heteroatoms. The molecule has 0 spiro atoms. The number of nitrogens with one attached hydrogen (secondary N) is 1. The summed E-state index contributed by atoms with van der Waals surface area (Å²) in [5.41, 5.74) is 3.16. The highest BCUT2D eigenvalue weighted by molar-refractivity contribution is 5.90. The summed E-state index contributed by atoms with van der Waals surface area (Å²) in [6, 6.07) is 16.1. The molecule has 21 heavy (non-hydrogen) atoms. The van der Waals surface area contributed by atoms with Crippen molar-refractivity contribution in [2.45, 2.75) is 32.3 Å². The van der Waals surface area contributed by atoms with E-state index in [1.807, 2.05) is 42.5 Å². The summed E-state index contributed by atoms with van der Waals surface area (Å²) < 4.78 is 5.86. The maximum atomic E-state index is 11.4.